The minimum atomic E-state index is -3.63. The fraction of sp³-hybridized carbons (Fsp3) is 0.231. The summed E-state index contributed by atoms with van der Waals surface area (Å²) in [6.45, 7) is 0.526. The number of anilines is 1. The van der Waals surface area contributed by atoms with Crippen LogP contribution in [0.4, 0.5) is 5.69 Å². The lowest BCUT2D eigenvalue weighted by atomic mass is 9.97. The lowest BCUT2D eigenvalue weighted by Gasteiger charge is -2.30. The van der Waals surface area contributed by atoms with Gasteiger partial charge in [-0.3, -0.25) is 9.59 Å². The number of sulfonamides is 1. The first-order chi connectivity index (χ1) is 16.4. The molecule has 0 unspecified atom stereocenters. The van der Waals surface area contributed by atoms with Crippen molar-refractivity contribution in [2.24, 2.45) is 5.92 Å². The largest absolute Gasteiger partial charge is 0.497 e. The molecule has 0 spiro atoms. The molecular formula is C26H26N2O5S. The number of carbonyl (C=O) groups excluding carboxylic acids is 2. The van der Waals surface area contributed by atoms with Gasteiger partial charge >= 0.3 is 0 Å². The summed E-state index contributed by atoms with van der Waals surface area (Å²) < 4.78 is 32.4. The Bertz CT molecular complexity index is 1270. The number of hydrogen-bond donors (Lipinski definition) is 1. The molecule has 0 aliphatic carbocycles. The number of hydrogen-bond acceptors (Lipinski definition) is 5. The topological polar surface area (TPSA) is 92.8 Å². The highest BCUT2D eigenvalue weighted by Gasteiger charge is 2.32. The number of ether oxygens (including phenoxy) is 1. The zero-order chi connectivity index (χ0) is 24.1. The maximum Gasteiger partial charge on any atom is 0.243 e. The number of amides is 1. The van der Waals surface area contributed by atoms with Crippen LogP contribution in [-0.2, 0) is 14.8 Å². The Labute approximate surface area is 199 Å². The second-order valence-corrected chi connectivity index (χ2v) is 10.1. The van der Waals surface area contributed by atoms with Gasteiger partial charge in [-0.2, -0.15) is 4.31 Å². The van der Waals surface area contributed by atoms with Crippen LogP contribution in [0.5, 0.6) is 5.75 Å². The van der Waals surface area contributed by atoms with Gasteiger partial charge in [-0.15, -0.1) is 0 Å². The Morgan fingerprint density at radius 2 is 1.53 bits per heavy atom. The molecule has 3 aromatic carbocycles. The molecule has 0 bridgehead atoms. The van der Waals surface area contributed by atoms with E-state index in [1.54, 1.807) is 60.7 Å². The molecule has 0 atom stereocenters. The van der Waals surface area contributed by atoms with Gasteiger partial charge in [0.2, 0.25) is 15.9 Å². The third-order valence-electron chi connectivity index (χ3n) is 5.95. The van der Waals surface area contributed by atoms with Crippen LogP contribution < -0.4 is 10.1 Å². The molecule has 1 amide bonds. The van der Waals surface area contributed by atoms with Crippen LogP contribution in [0.15, 0.2) is 83.8 Å². The molecule has 3 aromatic rings. The van der Waals surface area contributed by atoms with Crippen LogP contribution in [0.25, 0.3) is 0 Å². The highest BCUT2D eigenvalue weighted by Crippen LogP contribution is 2.26. The van der Waals surface area contributed by atoms with Crippen molar-refractivity contribution in [1.29, 1.82) is 0 Å². The van der Waals surface area contributed by atoms with Gasteiger partial charge in [-0.05, 0) is 49.2 Å². The van der Waals surface area contributed by atoms with Crippen molar-refractivity contribution in [3.8, 4) is 5.75 Å². The van der Waals surface area contributed by atoms with Gasteiger partial charge in [0.15, 0.2) is 5.78 Å². The van der Waals surface area contributed by atoms with Crippen LogP contribution in [0.2, 0.25) is 0 Å². The first-order valence-electron chi connectivity index (χ1n) is 11.0. The van der Waals surface area contributed by atoms with Crippen molar-refractivity contribution in [1.82, 2.24) is 4.31 Å². The first-order valence-corrected chi connectivity index (χ1v) is 12.5. The van der Waals surface area contributed by atoms with E-state index in [1.807, 2.05) is 6.07 Å². The summed E-state index contributed by atoms with van der Waals surface area (Å²) in [4.78, 5) is 25.7. The third-order valence-corrected chi connectivity index (χ3v) is 7.86. The van der Waals surface area contributed by atoms with Gasteiger partial charge in [0, 0.05) is 35.8 Å². The summed E-state index contributed by atoms with van der Waals surface area (Å²) in [5, 5.41) is 2.88. The number of carbonyl (C=O) groups is 2. The average molecular weight is 479 g/mol. The number of rotatable bonds is 7. The maximum atomic E-state index is 12.9. The minimum absolute atomic E-state index is 0.117. The van der Waals surface area contributed by atoms with E-state index in [0.717, 1.165) is 0 Å². The Kier molecular flexibility index (Phi) is 7.09. The van der Waals surface area contributed by atoms with E-state index in [2.05, 4.69) is 5.32 Å². The van der Waals surface area contributed by atoms with E-state index in [1.165, 1.54) is 23.5 Å². The van der Waals surface area contributed by atoms with E-state index >= 15 is 0 Å². The van der Waals surface area contributed by atoms with Crippen molar-refractivity contribution in [3.05, 3.63) is 90.0 Å². The Morgan fingerprint density at radius 1 is 0.882 bits per heavy atom. The molecule has 0 aromatic heterocycles. The van der Waals surface area contributed by atoms with Crippen molar-refractivity contribution >= 4 is 27.4 Å². The molecule has 8 heteroatoms. The van der Waals surface area contributed by atoms with Crippen LogP contribution in [-0.4, -0.2) is 44.6 Å². The molecule has 34 heavy (non-hydrogen) atoms. The molecular weight excluding hydrogens is 452 g/mol. The van der Waals surface area contributed by atoms with E-state index in [0.29, 0.717) is 35.4 Å². The van der Waals surface area contributed by atoms with Crippen LogP contribution in [0.3, 0.4) is 0 Å². The number of nitrogens with one attached hydrogen (secondary N) is 1. The smallest absolute Gasteiger partial charge is 0.243 e. The molecule has 1 fully saturated rings. The molecule has 1 heterocycles. The van der Waals surface area contributed by atoms with Crippen molar-refractivity contribution in [2.45, 2.75) is 17.7 Å². The Morgan fingerprint density at radius 3 is 2.18 bits per heavy atom. The zero-order valence-electron chi connectivity index (χ0n) is 18.8. The summed E-state index contributed by atoms with van der Waals surface area (Å²) in [5.41, 5.74) is 1.61. The molecule has 7 nitrogen and oxygen atoms in total. The molecule has 176 valence electrons. The SMILES string of the molecule is COc1ccc(S(=O)(=O)N2CCC(C(=O)Nc3cccc(C(=O)c4ccccc4)c3)CC2)cc1. The predicted octanol–water partition coefficient (Wildman–Crippen LogP) is 3.97. The van der Waals surface area contributed by atoms with Gasteiger partial charge in [0.1, 0.15) is 5.75 Å². The van der Waals surface area contributed by atoms with E-state index in [4.69, 9.17) is 4.74 Å². The molecule has 1 N–H and O–H groups in total. The second-order valence-electron chi connectivity index (χ2n) is 8.12. The van der Waals surface area contributed by atoms with Crippen LogP contribution in [0.1, 0.15) is 28.8 Å². The van der Waals surface area contributed by atoms with Crippen molar-refractivity contribution < 1.29 is 22.7 Å². The van der Waals surface area contributed by atoms with Gasteiger partial charge < -0.3 is 10.1 Å². The molecule has 0 saturated carbocycles. The van der Waals surface area contributed by atoms with Crippen LogP contribution >= 0.6 is 0 Å². The Balaban J connectivity index is 1.37. The van der Waals surface area contributed by atoms with Gasteiger partial charge in [0.05, 0.1) is 12.0 Å². The zero-order valence-corrected chi connectivity index (χ0v) is 19.6. The van der Waals surface area contributed by atoms with Gasteiger partial charge in [-0.1, -0.05) is 42.5 Å². The highest BCUT2D eigenvalue weighted by molar-refractivity contribution is 7.89. The lowest BCUT2D eigenvalue weighted by molar-refractivity contribution is -0.120. The fourth-order valence-electron chi connectivity index (χ4n) is 3.99. The second kappa shape index (κ2) is 10.2. The number of ketones is 1. The van der Waals surface area contributed by atoms with Crippen molar-refractivity contribution in [3.63, 3.8) is 0 Å². The van der Waals surface area contributed by atoms with E-state index in [-0.39, 0.29) is 35.6 Å². The molecule has 0 radical (unpaired) electrons. The quantitative estimate of drug-likeness (QED) is 0.519. The minimum Gasteiger partial charge on any atom is -0.497 e. The summed E-state index contributed by atoms with van der Waals surface area (Å²) in [7, 11) is -2.10. The Hall–Kier alpha value is -3.49. The summed E-state index contributed by atoms with van der Waals surface area (Å²) in [5.74, 6) is -0.0146. The maximum absolute atomic E-state index is 12.9. The lowest BCUT2D eigenvalue weighted by Crippen LogP contribution is -2.41. The standard InChI is InChI=1S/C26H26N2O5S/c1-33-23-10-12-24(13-11-23)34(31,32)28-16-14-20(15-17-28)26(30)27-22-9-5-8-21(18-22)25(29)19-6-3-2-4-7-19/h2-13,18,20H,14-17H2,1H3,(H,27,30). The highest BCUT2D eigenvalue weighted by atomic mass is 32.2. The fourth-order valence-corrected chi connectivity index (χ4v) is 5.46. The average Bonchev–Trinajstić information content (AvgIpc) is 2.89. The van der Waals surface area contributed by atoms with Crippen molar-refractivity contribution in [2.75, 3.05) is 25.5 Å². The summed E-state index contributed by atoms with van der Waals surface area (Å²) in [6, 6.07) is 22.1. The molecule has 1 saturated heterocycles. The first kappa shape index (κ1) is 23.7. The van der Waals surface area contributed by atoms with E-state index in [9.17, 15) is 18.0 Å². The monoisotopic (exact) mass is 478 g/mol. The molecule has 4 rings (SSSR count). The number of nitrogens with zero attached hydrogens (tertiary/aromatic N) is 1. The summed E-state index contributed by atoms with van der Waals surface area (Å²) in [6.07, 6.45) is 0.841. The number of benzene rings is 3. The summed E-state index contributed by atoms with van der Waals surface area (Å²) >= 11 is 0. The van der Waals surface area contributed by atoms with E-state index < -0.39 is 10.0 Å². The normalized spacial score (nSPS) is 15.0. The predicted molar refractivity (Wildman–Crippen MR) is 129 cm³/mol. The van der Waals surface area contributed by atoms with Crippen LogP contribution in [0, 0.1) is 5.92 Å². The number of piperidine rings is 1. The third kappa shape index (κ3) is 5.18. The molecule has 1 aliphatic rings. The van der Waals surface area contributed by atoms with Gasteiger partial charge in [0.25, 0.3) is 0 Å². The van der Waals surface area contributed by atoms with Gasteiger partial charge in [-0.25, -0.2) is 8.42 Å². The number of methoxy groups -OCH3 is 1. The molecule has 1 aliphatic heterocycles.